The Kier molecular flexibility index (Phi) is 4.77. The Morgan fingerprint density at radius 2 is 1.90 bits per heavy atom. The standard InChI is InChI=1S/C18H19NO2/c1-3-14-5-7-15(8-6-14)17(20)10-11-19-16-9-4-13(2)12-18(16)21/h4-12,19,21H,3H2,1-2H3/b11-10+. The van der Waals surface area contributed by atoms with Gasteiger partial charge in [-0.05, 0) is 36.6 Å². The van der Waals surface area contributed by atoms with E-state index < -0.39 is 0 Å². The van der Waals surface area contributed by atoms with Crippen LogP contribution < -0.4 is 5.32 Å². The highest BCUT2D eigenvalue weighted by atomic mass is 16.3. The Bertz CT molecular complexity index is 657. The number of anilines is 1. The minimum atomic E-state index is -0.0724. The lowest BCUT2D eigenvalue weighted by molar-refractivity contribution is 0.104. The highest BCUT2D eigenvalue weighted by Gasteiger charge is 2.02. The van der Waals surface area contributed by atoms with Crippen LogP contribution in [0.3, 0.4) is 0 Å². The van der Waals surface area contributed by atoms with Crippen LogP contribution in [0.4, 0.5) is 5.69 Å². The van der Waals surface area contributed by atoms with E-state index in [0.29, 0.717) is 11.3 Å². The van der Waals surface area contributed by atoms with Gasteiger partial charge in [0.25, 0.3) is 0 Å². The van der Waals surface area contributed by atoms with Crippen molar-refractivity contribution in [3.63, 3.8) is 0 Å². The van der Waals surface area contributed by atoms with E-state index >= 15 is 0 Å². The highest BCUT2D eigenvalue weighted by molar-refractivity contribution is 6.04. The number of benzene rings is 2. The number of aryl methyl sites for hydroxylation is 2. The van der Waals surface area contributed by atoms with Gasteiger partial charge < -0.3 is 10.4 Å². The zero-order valence-corrected chi connectivity index (χ0v) is 12.3. The zero-order valence-electron chi connectivity index (χ0n) is 12.3. The minimum absolute atomic E-state index is 0.0724. The molecule has 2 rings (SSSR count). The van der Waals surface area contributed by atoms with Gasteiger partial charge in [-0.15, -0.1) is 0 Å². The maximum Gasteiger partial charge on any atom is 0.187 e. The molecule has 0 amide bonds. The van der Waals surface area contributed by atoms with E-state index in [1.165, 1.54) is 11.6 Å². The molecule has 0 bridgehead atoms. The monoisotopic (exact) mass is 281 g/mol. The molecule has 0 heterocycles. The van der Waals surface area contributed by atoms with Gasteiger partial charge in [0, 0.05) is 17.8 Å². The number of carbonyl (C=O) groups excluding carboxylic acids is 1. The quantitative estimate of drug-likeness (QED) is 0.493. The predicted molar refractivity (Wildman–Crippen MR) is 85.8 cm³/mol. The van der Waals surface area contributed by atoms with E-state index in [-0.39, 0.29) is 11.5 Å². The lowest BCUT2D eigenvalue weighted by Crippen LogP contribution is -1.97. The number of allylic oxidation sites excluding steroid dienone is 1. The van der Waals surface area contributed by atoms with Gasteiger partial charge >= 0.3 is 0 Å². The minimum Gasteiger partial charge on any atom is -0.506 e. The van der Waals surface area contributed by atoms with Crippen molar-refractivity contribution in [1.82, 2.24) is 0 Å². The largest absolute Gasteiger partial charge is 0.506 e. The third kappa shape index (κ3) is 3.96. The van der Waals surface area contributed by atoms with Gasteiger partial charge in [0.05, 0.1) is 5.69 Å². The van der Waals surface area contributed by atoms with Crippen molar-refractivity contribution in [2.45, 2.75) is 20.3 Å². The number of phenols is 1. The number of ketones is 1. The van der Waals surface area contributed by atoms with Gasteiger partial charge in [0.2, 0.25) is 0 Å². The first-order valence-electron chi connectivity index (χ1n) is 6.96. The van der Waals surface area contributed by atoms with Crippen LogP contribution in [-0.4, -0.2) is 10.9 Å². The molecular weight excluding hydrogens is 262 g/mol. The summed E-state index contributed by atoms with van der Waals surface area (Å²) in [5.41, 5.74) is 3.41. The lowest BCUT2D eigenvalue weighted by Gasteiger charge is -2.04. The molecule has 0 saturated carbocycles. The fourth-order valence-electron chi connectivity index (χ4n) is 1.97. The number of carbonyl (C=O) groups is 1. The number of rotatable bonds is 5. The van der Waals surface area contributed by atoms with E-state index in [1.807, 2.05) is 37.3 Å². The number of nitrogens with one attached hydrogen (secondary N) is 1. The van der Waals surface area contributed by atoms with Crippen LogP contribution in [-0.2, 0) is 6.42 Å². The first kappa shape index (κ1) is 14.9. The molecule has 0 spiro atoms. The summed E-state index contributed by atoms with van der Waals surface area (Å²) < 4.78 is 0. The molecular formula is C18H19NO2. The summed E-state index contributed by atoms with van der Waals surface area (Å²) in [6, 6.07) is 12.9. The predicted octanol–water partition coefficient (Wildman–Crippen LogP) is 4.07. The van der Waals surface area contributed by atoms with Crippen LogP contribution in [0.25, 0.3) is 0 Å². The molecule has 0 fully saturated rings. The van der Waals surface area contributed by atoms with Crippen molar-refractivity contribution in [2.24, 2.45) is 0 Å². The fourth-order valence-corrected chi connectivity index (χ4v) is 1.97. The molecule has 0 aromatic heterocycles. The summed E-state index contributed by atoms with van der Waals surface area (Å²) >= 11 is 0. The highest BCUT2D eigenvalue weighted by Crippen LogP contribution is 2.23. The van der Waals surface area contributed by atoms with Gasteiger partial charge in [-0.3, -0.25) is 4.79 Å². The second-order valence-electron chi connectivity index (χ2n) is 4.91. The third-order valence-electron chi connectivity index (χ3n) is 3.27. The maximum atomic E-state index is 12.0. The fraction of sp³-hybridized carbons (Fsp3) is 0.167. The molecule has 0 atom stereocenters. The summed E-state index contributed by atoms with van der Waals surface area (Å²) in [6.07, 6.45) is 3.96. The van der Waals surface area contributed by atoms with Crippen LogP contribution in [0.1, 0.15) is 28.4 Å². The van der Waals surface area contributed by atoms with Crippen molar-refractivity contribution in [1.29, 1.82) is 0 Å². The van der Waals surface area contributed by atoms with E-state index in [2.05, 4.69) is 12.2 Å². The number of aromatic hydroxyl groups is 1. The number of hydrogen-bond acceptors (Lipinski definition) is 3. The smallest absolute Gasteiger partial charge is 0.187 e. The van der Waals surface area contributed by atoms with E-state index in [9.17, 15) is 9.90 Å². The molecule has 0 saturated heterocycles. The Hall–Kier alpha value is -2.55. The molecule has 0 aliphatic rings. The summed E-state index contributed by atoms with van der Waals surface area (Å²) in [7, 11) is 0. The van der Waals surface area contributed by atoms with Crippen LogP contribution in [0, 0.1) is 6.92 Å². The molecule has 3 heteroatoms. The molecule has 2 aromatic carbocycles. The van der Waals surface area contributed by atoms with Crippen LogP contribution in [0.15, 0.2) is 54.7 Å². The van der Waals surface area contributed by atoms with Crippen molar-refractivity contribution in [3.8, 4) is 5.75 Å². The lowest BCUT2D eigenvalue weighted by atomic mass is 10.1. The molecule has 0 aliphatic carbocycles. The number of phenolic OH excluding ortho intramolecular Hbond substituents is 1. The Balaban J connectivity index is 2.01. The Labute approximate surface area is 124 Å². The molecule has 0 unspecified atom stereocenters. The summed E-state index contributed by atoms with van der Waals surface area (Å²) in [6.45, 7) is 3.98. The first-order valence-corrected chi connectivity index (χ1v) is 6.96. The van der Waals surface area contributed by atoms with Gasteiger partial charge in [-0.2, -0.15) is 0 Å². The summed E-state index contributed by atoms with van der Waals surface area (Å²) in [4.78, 5) is 12.0. The SMILES string of the molecule is CCc1ccc(C(=O)/C=C/Nc2ccc(C)cc2O)cc1. The van der Waals surface area contributed by atoms with E-state index in [0.717, 1.165) is 12.0 Å². The van der Waals surface area contributed by atoms with Crippen molar-refractivity contribution in [2.75, 3.05) is 5.32 Å². The van der Waals surface area contributed by atoms with E-state index in [1.54, 1.807) is 18.3 Å². The second-order valence-corrected chi connectivity index (χ2v) is 4.91. The normalized spacial score (nSPS) is 10.8. The van der Waals surface area contributed by atoms with Gasteiger partial charge in [-0.1, -0.05) is 37.3 Å². The molecule has 108 valence electrons. The molecule has 0 aliphatic heterocycles. The number of hydrogen-bond donors (Lipinski definition) is 2. The molecule has 21 heavy (non-hydrogen) atoms. The third-order valence-corrected chi connectivity index (χ3v) is 3.27. The molecule has 2 N–H and O–H groups in total. The van der Waals surface area contributed by atoms with Crippen LogP contribution in [0.5, 0.6) is 5.75 Å². The van der Waals surface area contributed by atoms with Crippen molar-refractivity contribution < 1.29 is 9.90 Å². The molecule has 2 aromatic rings. The maximum absolute atomic E-state index is 12.0. The van der Waals surface area contributed by atoms with Gasteiger partial charge in [0.15, 0.2) is 5.78 Å². The van der Waals surface area contributed by atoms with Crippen molar-refractivity contribution >= 4 is 11.5 Å². The second kappa shape index (κ2) is 6.75. The van der Waals surface area contributed by atoms with Crippen molar-refractivity contribution in [3.05, 3.63) is 71.4 Å². The Morgan fingerprint density at radius 3 is 2.52 bits per heavy atom. The van der Waals surface area contributed by atoms with E-state index in [4.69, 9.17) is 0 Å². The topological polar surface area (TPSA) is 49.3 Å². The molecule has 3 nitrogen and oxygen atoms in total. The Morgan fingerprint density at radius 1 is 1.19 bits per heavy atom. The average molecular weight is 281 g/mol. The zero-order chi connectivity index (χ0) is 15.2. The van der Waals surface area contributed by atoms with Crippen LogP contribution >= 0.6 is 0 Å². The average Bonchev–Trinajstić information content (AvgIpc) is 2.49. The van der Waals surface area contributed by atoms with Gasteiger partial charge in [0.1, 0.15) is 5.75 Å². The molecule has 0 radical (unpaired) electrons. The summed E-state index contributed by atoms with van der Waals surface area (Å²) in [5.74, 6) is 0.0937. The van der Waals surface area contributed by atoms with Crippen LogP contribution in [0.2, 0.25) is 0 Å². The first-order chi connectivity index (χ1) is 10.1. The summed E-state index contributed by atoms with van der Waals surface area (Å²) in [5, 5.41) is 12.7. The van der Waals surface area contributed by atoms with Gasteiger partial charge in [-0.25, -0.2) is 0 Å².